The lowest BCUT2D eigenvalue weighted by atomic mass is 9.99. The number of amides is 1. The van der Waals surface area contributed by atoms with Crippen LogP contribution in [-0.2, 0) is 14.3 Å². The Morgan fingerprint density at radius 2 is 1.88 bits per heavy atom. The maximum absolute atomic E-state index is 10.4. The van der Waals surface area contributed by atoms with Crippen LogP contribution in [0.4, 0.5) is 0 Å². The fraction of sp³-hybridized carbons (Fsp3) is 0.875. The largest absolute Gasteiger partial charge is 0.394 e. The van der Waals surface area contributed by atoms with E-state index in [1.165, 1.54) is 0 Å². The molecule has 0 aromatic rings. The average molecular weight is 237 g/mol. The van der Waals surface area contributed by atoms with Crippen molar-refractivity contribution in [3.8, 4) is 0 Å². The molecule has 0 spiro atoms. The number of hydrogen-bond donors (Lipinski definition) is 5. The van der Waals surface area contributed by atoms with E-state index in [0.717, 1.165) is 0 Å². The Labute approximate surface area is 91.2 Å². The minimum absolute atomic E-state index is 0.497. The molecule has 5 atom stereocenters. The van der Waals surface area contributed by atoms with Crippen molar-refractivity contribution >= 4 is 5.91 Å². The lowest BCUT2D eigenvalue weighted by Crippen LogP contribution is -2.59. The highest BCUT2D eigenvalue weighted by atomic mass is 16.7. The summed E-state index contributed by atoms with van der Waals surface area (Å²) in [5.41, 5.74) is 4.82. The predicted octanol–water partition coefficient (Wildman–Crippen LogP) is -3.71. The van der Waals surface area contributed by atoms with Gasteiger partial charge in [0.25, 0.3) is 0 Å². The van der Waals surface area contributed by atoms with Crippen molar-refractivity contribution in [1.29, 1.82) is 0 Å². The number of aliphatic hydroxyl groups excluding tert-OH is 4. The van der Waals surface area contributed by atoms with Gasteiger partial charge in [-0.3, -0.25) is 4.79 Å². The second-order valence-corrected chi connectivity index (χ2v) is 3.47. The van der Waals surface area contributed by atoms with Crippen LogP contribution in [0.3, 0.4) is 0 Å². The average Bonchev–Trinajstić information content (AvgIpc) is 2.25. The smallest absolute Gasteiger partial charge is 0.243 e. The number of hydrogen-bond acceptors (Lipinski definition) is 7. The first-order valence-corrected chi connectivity index (χ1v) is 4.67. The van der Waals surface area contributed by atoms with Crippen molar-refractivity contribution in [3.63, 3.8) is 0 Å². The fourth-order valence-corrected chi connectivity index (χ4v) is 1.37. The summed E-state index contributed by atoms with van der Waals surface area (Å²) in [5.74, 6) is -0.767. The number of rotatable bonds is 4. The van der Waals surface area contributed by atoms with Gasteiger partial charge in [-0.25, -0.2) is 0 Å². The Balaban J connectivity index is 2.60. The number of primary amides is 1. The van der Waals surface area contributed by atoms with Gasteiger partial charge in [0.2, 0.25) is 5.91 Å². The molecule has 8 nitrogen and oxygen atoms in total. The highest BCUT2D eigenvalue weighted by Crippen LogP contribution is 2.21. The molecule has 1 aliphatic heterocycles. The molecule has 3 unspecified atom stereocenters. The SMILES string of the molecule is NC(=O)CO[C@H]1OC(CO)[C@@H](O)C(O)C1O. The van der Waals surface area contributed by atoms with Crippen LogP contribution in [0.5, 0.6) is 0 Å². The zero-order valence-electron chi connectivity index (χ0n) is 8.39. The molecule has 6 N–H and O–H groups in total. The summed E-state index contributed by atoms with van der Waals surface area (Å²) in [5, 5.41) is 37.0. The summed E-state index contributed by atoms with van der Waals surface area (Å²) in [7, 11) is 0. The van der Waals surface area contributed by atoms with E-state index in [4.69, 9.17) is 20.3 Å². The Hall–Kier alpha value is -0.770. The van der Waals surface area contributed by atoms with Crippen molar-refractivity contribution in [1.82, 2.24) is 0 Å². The van der Waals surface area contributed by atoms with Gasteiger partial charge >= 0.3 is 0 Å². The molecular weight excluding hydrogens is 222 g/mol. The highest BCUT2D eigenvalue weighted by molar-refractivity contribution is 5.74. The summed E-state index contributed by atoms with van der Waals surface area (Å²) >= 11 is 0. The summed E-state index contributed by atoms with van der Waals surface area (Å²) < 4.78 is 9.72. The zero-order valence-corrected chi connectivity index (χ0v) is 8.39. The monoisotopic (exact) mass is 237 g/mol. The zero-order chi connectivity index (χ0) is 12.3. The lowest BCUT2D eigenvalue weighted by molar-refractivity contribution is -0.299. The minimum Gasteiger partial charge on any atom is -0.394 e. The molecule has 0 aromatic carbocycles. The number of ether oxygens (including phenoxy) is 2. The molecule has 94 valence electrons. The van der Waals surface area contributed by atoms with Gasteiger partial charge in [0.05, 0.1) is 6.61 Å². The van der Waals surface area contributed by atoms with Crippen molar-refractivity contribution in [2.24, 2.45) is 5.73 Å². The van der Waals surface area contributed by atoms with E-state index in [0.29, 0.717) is 0 Å². The van der Waals surface area contributed by atoms with Crippen LogP contribution in [-0.4, -0.2) is 70.3 Å². The van der Waals surface area contributed by atoms with Gasteiger partial charge < -0.3 is 35.6 Å². The lowest BCUT2D eigenvalue weighted by Gasteiger charge is -2.39. The molecule has 0 aliphatic carbocycles. The van der Waals surface area contributed by atoms with Crippen LogP contribution < -0.4 is 5.73 Å². The van der Waals surface area contributed by atoms with Gasteiger partial charge in [-0.05, 0) is 0 Å². The van der Waals surface area contributed by atoms with Crippen LogP contribution in [0.1, 0.15) is 0 Å². The molecule has 1 fully saturated rings. The summed E-state index contributed by atoms with van der Waals surface area (Å²) in [6.07, 6.45) is -6.87. The number of carbonyl (C=O) groups is 1. The molecule has 0 saturated carbocycles. The van der Waals surface area contributed by atoms with Crippen LogP contribution >= 0.6 is 0 Å². The molecule has 1 rings (SSSR count). The molecule has 0 radical (unpaired) electrons. The second kappa shape index (κ2) is 5.53. The third-order valence-electron chi connectivity index (χ3n) is 2.24. The fourth-order valence-electron chi connectivity index (χ4n) is 1.37. The molecule has 1 aliphatic rings. The Morgan fingerprint density at radius 3 is 2.38 bits per heavy atom. The first kappa shape index (κ1) is 13.3. The topological polar surface area (TPSA) is 142 Å². The summed E-state index contributed by atoms with van der Waals surface area (Å²) in [6.45, 7) is -1.05. The van der Waals surface area contributed by atoms with Gasteiger partial charge in [-0.2, -0.15) is 0 Å². The van der Waals surface area contributed by atoms with Gasteiger partial charge in [-0.1, -0.05) is 0 Å². The van der Waals surface area contributed by atoms with E-state index in [-0.39, 0.29) is 0 Å². The first-order valence-electron chi connectivity index (χ1n) is 4.67. The van der Waals surface area contributed by atoms with Gasteiger partial charge in [0.1, 0.15) is 31.0 Å². The highest BCUT2D eigenvalue weighted by Gasteiger charge is 2.44. The number of carbonyl (C=O) groups excluding carboxylic acids is 1. The maximum Gasteiger partial charge on any atom is 0.243 e. The molecule has 16 heavy (non-hydrogen) atoms. The van der Waals surface area contributed by atoms with Crippen LogP contribution in [0, 0.1) is 0 Å². The van der Waals surface area contributed by atoms with Crippen molar-refractivity contribution < 1.29 is 34.7 Å². The molecule has 0 aromatic heterocycles. The van der Waals surface area contributed by atoms with Crippen molar-refractivity contribution in [2.75, 3.05) is 13.2 Å². The normalized spacial score (nSPS) is 39.6. The van der Waals surface area contributed by atoms with E-state index in [1.807, 2.05) is 0 Å². The Morgan fingerprint density at radius 1 is 1.25 bits per heavy atom. The predicted molar refractivity (Wildman–Crippen MR) is 48.9 cm³/mol. The summed E-state index contributed by atoms with van der Waals surface area (Å²) in [4.78, 5) is 10.4. The quantitative estimate of drug-likeness (QED) is 0.338. The van der Waals surface area contributed by atoms with Gasteiger partial charge in [-0.15, -0.1) is 0 Å². The third kappa shape index (κ3) is 2.88. The Bertz CT molecular complexity index is 247. The van der Waals surface area contributed by atoms with Gasteiger partial charge in [0, 0.05) is 0 Å². The van der Waals surface area contributed by atoms with Crippen molar-refractivity contribution in [3.05, 3.63) is 0 Å². The van der Waals surface area contributed by atoms with E-state index in [2.05, 4.69) is 0 Å². The maximum atomic E-state index is 10.4. The molecular formula is C8H15NO7. The first-order chi connectivity index (χ1) is 7.47. The van der Waals surface area contributed by atoms with Crippen LogP contribution in [0.25, 0.3) is 0 Å². The molecule has 1 heterocycles. The third-order valence-corrected chi connectivity index (χ3v) is 2.24. The summed E-state index contributed by atoms with van der Waals surface area (Å²) in [6, 6.07) is 0. The second-order valence-electron chi connectivity index (χ2n) is 3.47. The van der Waals surface area contributed by atoms with Crippen LogP contribution in [0.2, 0.25) is 0 Å². The number of nitrogens with two attached hydrogens (primary N) is 1. The van der Waals surface area contributed by atoms with E-state index in [1.54, 1.807) is 0 Å². The van der Waals surface area contributed by atoms with E-state index >= 15 is 0 Å². The molecule has 1 amide bonds. The van der Waals surface area contributed by atoms with E-state index in [9.17, 15) is 20.1 Å². The molecule has 8 heteroatoms. The van der Waals surface area contributed by atoms with E-state index < -0.39 is 49.8 Å². The number of aliphatic hydroxyl groups is 4. The Kier molecular flexibility index (Phi) is 4.59. The molecule has 0 bridgehead atoms. The minimum atomic E-state index is -1.52. The molecule has 1 saturated heterocycles. The standard InChI is InChI=1S/C8H15NO7/c9-4(11)2-15-8-7(14)6(13)5(12)3(1-10)16-8/h3,5-8,10,12-14H,1-2H2,(H2,9,11)/t3?,5-,6?,7?,8+/m1/s1. The van der Waals surface area contributed by atoms with Crippen LogP contribution in [0.15, 0.2) is 0 Å². The van der Waals surface area contributed by atoms with Crippen molar-refractivity contribution in [2.45, 2.75) is 30.7 Å². The van der Waals surface area contributed by atoms with Gasteiger partial charge in [0.15, 0.2) is 6.29 Å².